The van der Waals surface area contributed by atoms with Crippen molar-refractivity contribution in [1.29, 1.82) is 5.26 Å². The van der Waals surface area contributed by atoms with Gasteiger partial charge >= 0.3 is 0 Å². The Labute approximate surface area is 191 Å². The average Bonchev–Trinajstić information content (AvgIpc) is 2.78. The average molecular weight is 474 g/mol. The summed E-state index contributed by atoms with van der Waals surface area (Å²) >= 11 is 12.3. The van der Waals surface area contributed by atoms with Gasteiger partial charge in [-0.25, -0.2) is 8.42 Å². The molecule has 0 radical (unpaired) electrons. The summed E-state index contributed by atoms with van der Waals surface area (Å²) in [6.45, 7) is 0.121. The van der Waals surface area contributed by atoms with E-state index in [1.807, 2.05) is 0 Å². The SMILES string of the molecule is COc1cc(C=C(C#N)S(=O)(=O)c2ccccc2)ccc1OCc1c(Cl)cccc1Cl. The van der Waals surface area contributed by atoms with Crippen molar-refractivity contribution in [2.75, 3.05) is 7.11 Å². The molecule has 8 heteroatoms. The van der Waals surface area contributed by atoms with E-state index in [1.54, 1.807) is 60.7 Å². The summed E-state index contributed by atoms with van der Waals surface area (Å²) in [5.74, 6) is 0.784. The van der Waals surface area contributed by atoms with Crippen LogP contribution in [-0.2, 0) is 16.4 Å². The Hall–Kier alpha value is -2.98. The van der Waals surface area contributed by atoms with Crippen molar-refractivity contribution in [2.45, 2.75) is 11.5 Å². The maximum Gasteiger partial charge on any atom is 0.216 e. The molecule has 0 spiro atoms. The summed E-state index contributed by atoms with van der Waals surface area (Å²) in [5, 5.41) is 10.4. The van der Waals surface area contributed by atoms with Gasteiger partial charge in [-0.2, -0.15) is 5.26 Å². The van der Waals surface area contributed by atoms with Gasteiger partial charge in [0.25, 0.3) is 0 Å². The van der Waals surface area contributed by atoms with Crippen LogP contribution in [0, 0.1) is 11.3 Å². The van der Waals surface area contributed by atoms with E-state index in [0.717, 1.165) is 0 Å². The smallest absolute Gasteiger partial charge is 0.216 e. The molecular formula is C23H17Cl2NO4S. The van der Waals surface area contributed by atoms with Crippen LogP contribution in [0.5, 0.6) is 11.5 Å². The van der Waals surface area contributed by atoms with Gasteiger partial charge < -0.3 is 9.47 Å². The lowest BCUT2D eigenvalue weighted by molar-refractivity contribution is 0.284. The van der Waals surface area contributed by atoms with Crippen molar-refractivity contribution in [3.05, 3.63) is 92.8 Å². The quantitative estimate of drug-likeness (QED) is 0.398. The van der Waals surface area contributed by atoms with Crippen LogP contribution in [0.4, 0.5) is 0 Å². The second kappa shape index (κ2) is 9.88. The molecule has 0 saturated heterocycles. The molecule has 158 valence electrons. The third kappa shape index (κ3) is 5.20. The Morgan fingerprint density at radius 2 is 1.68 bits per heavy atom. The van der Waals surface area contributed by atoms with Gasteiger partial charge in [-0.3, -0.25) is 0 Å². The maximum atomic E-state index is 12.7. The minimum atomic E-state index is -3.94. The van der Waals surface area contributed by atoms with Gasteiger partial charge in [0.15, 0.2) is 11.5 Å². The predicted octanol–water partition coefficient (Wildman–Crippen LogP) is 5.92. The van der Waals surface area contributed by atoms with Gasteiger partial charge in [0.2, 0.25) is 9.84 Å². The first-order valence-electron chi connectivity index (χ1n) is 9.02. The van der Waals surface area contributed by atoms with Crippen LogP contribution in [0.15, 0.2) is 76.5 Å². The van der Waals surface area contributed by atoms with E-state index in [0.29, 0.717) is 32.7 Å². The largest absolute Gasteiger partial charge is 0.493 e. The van der Waals surface area contributed by atoms with E-state index in [1.165, 1.54) is 25.3 Å². The molecule has 0 N–H and O–H groups in total. The first-order chi connectivity index (χ1) is 14.9. The first-order valence-corrected chi connectivity index (χ1v) is 11.3. The minimum Gasteiger partial charge on any atom is -0.493 e. The molecule has 3 aromatic rings. The zero-order valence-corrected chi connectivity index (χ0v) is 18.7. The van der Waals surface area contributed by atoms with Crippen molar-refractivity contribution in [3.8, 4) is 17.6 Å². The number of rotatable bonds is 7. The standard InChI is InChI=1S/C23H17Cl2NO4S/c1-29-23-13-16(12-18(14-26)31(27,28)17-6-3-2-4-7-17)10-11-22(23)30-15-19-20(24)8-5-9-21(19)25/h2-13H,15H2,1H3. The molecular weight excluding hydrogens is 457 g/mol. The van der Waals surface area contributed by atoms with Crippen LogP contribution in [0.25, 0.3) is 6.08 Å². The number of benzene rings is 3. The zero-order valence-electron chi connectivity index (χ0n) is 16.4. The lowest BCUT2D eigenvalue weighted by Crippen LogP contribution is -2.03. The molecule has 0 aliphatic carbocycles. The van der Waals surface area contributed by atoms with Gasteiger partial charge in [0.05, 0.1) is 12.0 Å². The van der Waals surface area contributed by atoms with Crippen LogP contribution in [0.1, 0.15) is 11.1 Å². The second-order valence-electron chi connectivity index (χ2n) is 6.34. The van der Waals surface area contributed by atoms with Gasteiger partial charge in [-0.15, -0.1) is 0 Å². The highest BCUT2D eigenvalue weighted by molar-refractivity contribution is 7.95. The van der Waals surface area contributed by atoms with E-state index in [2.05, 4.69) is 0 Å². The zero-order chi connectivity index (χ0) is 22.4. The maximum absolute atomic E-state index is 12.7. The van der Waals surface area contributed by atoms with Gasteiger partial charge in [0, 0.05) is 15.6 Å². The van der Waals surface area contributed by atoms with Gasteiger partial charge in [-0.05, 0) is 48.0 Å². The van der Waals surface area contributed by atoms with Crippen LogP contribution < -0.4 is 9.47 Å². The van der Waals surface area contributed by atoms with Crippen molar-refractivity contribution in [2.24, 2.45) is 0 Å². The minimum absolute atomic E-state index is 0.0475. The molecule has 0 heterocycles. The molecule has 0 saturated carbocycles. The molecule has 0 fully saturated rings. The fourth-order valence-corrected chi connectivity index (χ4v) is 4.45. The van der Waals surface area contributed by atoms with Crippen molar-refractivity contribution in [1.82, 2.24) is 0 Å². The van der Waals surface area contributed by atoms with E-state index in [4.69, 9.17) is 32.7 Å². The number of ether oxygens (including phenoxy) is 2. The summed E-state index contributed by atoms with van der Waals surface area (Å²) in [5.41, 5.74) is 1.11. The molecule has 0 atom stereocenters. The molecule has 3 aromatic carbocycles. The lowest BCUT2D eigenvalue weighted by atomic mass is 10.2. The number of halogens is 2. The third-order valence-corrected chi connectivity index (χ3v) is 6.76. The molecule has 0 amide bonds. The predicted molar refractivity (Wildman–Crippen MR) is 121 cm³/mol. The van der Waals surface area contributed by atoms with E-state index in [9.17, 15) is 13.7 Å². The summed E-state index contributed by atoms with van der Waals surface area (Å²) in [7, 11) is -2.47. The normalized spacial score (nSPS) is 11.6. The Bertz CT molecular complexity index is 1250. The summed E-state index contributed by atoms with van der Waals surface area (Å²) < 4.78 is 36.6. The summed E-state index contributed by atoms with van der Waals surface area (Å²) in [6.07, 6.45) is 1.29. The van der Waals surface area contributed by atoms with E-state index in [-0.39, 0.29) is 16.4 Å². The first kappa shape index (κ1) is 22.7. The highest BCUT2D eigenvalue weighted by atomic mass is 35.5. The number of allylic oxidation sites excluding steroid dienone is 1. The third-order valence-electron chi connectivity index (χ3n) is 4.37. The molecule has 3 rings (SSSR count). The fourth-order valence-electron chi connectivity index (χ4n) is 2.76. The molecule has 0 aliphatic rings. The van der Waals surface area contributed by atoms with Gasteiger partial charge in [0.1, 0.15) is 17.6 Å². The lowest BCUT2D eigenvalue weighted by Gasteiger charge is -2.13. The topological polar surface area (TPSA) is 76.4 Å². The van der Waals surface area contributed by atoms with E-state index >= 15 is 0 Å². The van der Waals surface area contributed by atoms with Gasteiger partial charge in [-0.1, -0.05) is 53.5 Å². The van der Waals surface area contributed by atoms with Crippen molar-refractivity contribution >= 4 is 39.1 Å². The van der Waals surface area contributed by atoms with Crippen LogP contribution >= 0.6 is 23.2 Å². The monoisotopic (exact) mass is 473 g/mol. The number of sulfone groups is 1. The number of hydrogen-bond donors (Lipinski definition) is 0. The Kier molecular flexibility index (Phi) is 7.24. The highest BCUT2D eigenvalue weighted by Crippen LogP contribution is 2.32. The van der Waals surface area contributed by atoms with Crippen LogP contribution in [0.3, 0.4) is 0 Å². The molecule has 5 nitrogen and oxygen atoms in total. The molecule has 0 unspecified atom stereocenters. The molecule has 0 bridgehead atoms. The van der Waals surface area contributed by atoms with Crippen molar-refractivity contribution in [3.63, 3.8) is 0 Å². The Balaban J connectivity index is 1.89. The number of nitriles is 1. The molecule has 0 aromatic heterocycles. The highest BCUT2D eigenvalue weighted by Gasteiger charge is 2.20. The Morgan fingerprint density at radius 1 is 1.00 bits per heavy atom. The molecule has 0 aliphatic heterocycles. The molecule has 31 heavy (non-hydrogen) atoms. The fraction of sp³-hybridized carbons (Fsp3) is 0.0870. The van der Waals surface area contributed by atoms with Crippen molar-refractivity contribution < 1.29 is 17.9 Å². The van der Waals surface area contributed by atoms with Crippen LogP contribution in [0.2, 0.25) is 10.0 Å². The van der Waals surface area contributed by atoms with E-state index < -0.39 is 9.84 Å². The summed E-state index contributed by atoms with van der Waals surface area (Å²) in [6, 6.07) is 19.6. The number of methoxy groups -OCH3 is 1. The number of hydrogen-bond acceptors (Lipinski definition) is 5. The van der Waals surface area contributed by atoms with Crippen LogP contribution in [-0.4, -0.2) is 15.5 Å². The Morgan fingerprint density at radius 3 is 2.29 bits per heavy atom. The summed E-state index contributed by atoms with van der Waals surface area (Å²) in [4.78, 5) is -0.330. The second-order valence-corrected chi connectivity index (χ2v) is 9.07. The number of nitrogens with zero attached hydrogens (tertiary/aromatic N) is 1.